The molecule has 0 bridgehead atoms. The molecule has 0 radical (unpaired) electrons. The summed E-state index contributed by atoms with van der Waals surface area (Å²) in [6.45, 7) is 1.57. The summed E-state index contributed by atoms with van der Waals surface area (Å²) in [5.41, 5.74) is 2.18. The number of nitrogens with zero attached hydrogens (tertiary/aromatic N) is 1. The quantitative estimate of drug-likeness (QED) is 0.744. The third kappa shape index (κ3) is 3.41. The summed E-state index contributed by atoms with van der Waals surface area (Å²) in [6.07, 6.45) is 0.715. The van der Waals surface area contributed by atoms with Crippen molar-refractivity contribution in [2.75, 3.05) is 27.1 Å². The van der Waals surface area contributed by atoms with Crippen LogP contribution in [0.4, 0.5) is 0 Å². The molecule has 7 nitrogen and oxygen atoms in total. The van der Waals surface area contributed by atoms with Crippen molar-refractivity contribution in [2.45, 2.75) is 19.0 Å². The molecule has 2 aromatic rings. The van der Waals surface area contributed by atoms with Gasteiger partial charge in [-0.1, -0.05) is 24.3 Å². The molecule has 1 unspecified atom stereocenters. The molecule has 2 aliphatic rings. The highest BCUT2D eigenvalue weighted by Gasteiger charge is 2.40. The van der Waals surface area contributed by atoms with Crippen LogP contribution in [0.2, 0.25) is 0 Å². The topological polar surface area (TPSA) is 77.1 Å². The van der Waals surface area contributed by atoms with Crippen LogP contribution in [-0.4, -0.2) is 43.8 Å². The Bertz CT molecular complexity index is 898. The maximum atomic E-state index is 13.0. The zero-order chi connectivity index (χ0) is 19.5. The molecule has 0 saturated carbocycles. The number of hydrogen-bond acceptors (Lipinski definition) is 5. The fourth-order valence-electron chi connectivity index (χ4n) is 3.58. The molecule has 146 valence electrons. The summed E-state index contributed by atoms with van der Waals surface area (Å²) < 4.78 is 15.8. The number of benzene rings is 2. The van der Waals surface area contributed by atoms with Crippen LogP contribution in [-0.2, 0) is 16.1 Å². The van der Waals surface area contributed by atoms with E-state index in [1.165, 1.54) is 0 Å². The first-order chi connectivity index (χ1) is 13.7. The Balaban J connectivity index is 1.57. The van der Waals surface area contributed by atoms with Gasteiger partial charge in [0.1, 0.15) is 6.04 Å². The van der Waals surface area contributed by atoms with Crippen molar-refractivity contribution < 1.29 is 23.8 Å². The van der Waals surface area contributed by atoms with Gasteiger partial charge in [0.15, 0.2) is 11.5 Å². The average molecular weight is 382 g/mol. The van der Waals surface area contributed by atoms with E-state index in [0.717, 1.165) is 11.1 Å². The minimum atomic E-state index is -0.656. The van der Waals surface area contributed by atoms with E-state index in [4.69, 9.17) is 14.2 Å². The summed E-state index contributed by atoms with van der Waals surface area (Å²) in [6, 6.07) is 12.2. The monoisotopic (exact) mass is 382 g/mol. The third-order valence-corrected chi connectivity index (χ3v) is 4.92. The molecular weight excluding hydrogens is 360 g/mol. The lowest BCUT2D eigenvalue weighted by Crippen LogP contribution is -2.39. The summed E-state index contributed by atoms with van der Waals surface area (Å²) in [5.74, 6) is 1.01. The first-order valence-corrected chi connectivity index (χ1v) is 9.24. The van der Waals surface area contributed by atoms with Gasteiger partial charge >= 0.3 is 0 Å². The average Bonchev–Trinajstić information content (AvgIpc) is 3.28. The second-order valence-corrected chi connectivity index (χ2v) is 6.75. The number of carbonyl (C=O) groups is 2. The van der Waals surface area contributed by atoms with Crippen molar-refractivity contribution in [1.29, 1.82) is 0 Å². The van der Waals surface area contributed by atoms with E-state index in [0.29, 0.717) is 43.2 Å². The van der Waals surface area contributed by atoms with Crippen LogP contribution in [0.25, 0.3) is 0 Å². The van der Waals surface area contributed by atoms with E-state index >= 15 is 0 Å². The van der Waals surface area contributed by atoms with Crippen LogP contribution in [0.1, 0.15) is 33.9 Å². The Labute approximate surface area is 163 Å². The van der Waals surface area contributed by atoms with Gasteiger partial charge in [-0.3, -0.25) is 9.59 Å². The van der Waals surface area contributed by atoms with Crippen LogP contribution in [0.3, 0.4) is 0 Å². The number of hydrogen-bond donors (Lipinski definition) is 1. The van der Waals surface area contributed by atoms with Crippen molar-refractivity contribution in [3.05, 3.63) is 59.2 Å². The number of nitrogens with one attached hydrogen (secondary N) is 1. The number of ether oxygens (including phenoxy) is 3. The highest BCUT2D eigenvalue weighted by Crippen LogP contribution is 2.37. The predicted molar refractivity (Wildman–Crippen MR) is 101 cm³/mol. The van der Waals surface area contributed by atoms with Crippen LogP contribution in [0.15, 0.2) is 42.5 Å². The highest BCUT2D eigenvalue weighted by molar-refractivity contribution is 6.04. The molecule has 2 aromatic carbocycles. The molecule has 28 heavy (non-hydrogen) atoms. The van der Waals surface area contributed by atoms with Gasteiger partial charge in [0.2, 0.25) is 12.7 Å². The van der Waals surface area contributed by atoms with Crippen molar-refractivity contribution in [2.24, 2.45) is 0 Å². The summed E-state index contributed by atoms with van der Waals surface area (Å²) in [4.78, 5) is 27.5. The maximum absolute atomic E-state index is 13.0. The lowest BCUT2D eigenvalue weighted by atomic mass is 10.0. The van der Waals surface area contributed by atoms with E-state index in [1.807, 2.05) is 36.4 Å². The van der Waals surface area contributed by atoms with Crippen molar-refractivity contribution in [1.82, 2.24) is 10.2 Å². The van der Waals surface area contributed by atoms with Crippen LogP contribution < -0.4 is 14.8 Å². The summed E-state index contributed by atoms with van der Waals surface area (Å²) in [5, 5.41) is 2.92. The molecule has 0 aliphatic carbocycles. The normalized spacial score (nSPS) is 17.0. The van der Waals surface area contributed by atoms with Gasteiger partial charge in [0.05, 0.1) is 0 Å². The molecule has 2 heterocycles. The van der Waals surface area contributed by atoms with Gasteiger partial charge in [0.25, 0.3) is 5.91 Å². The minimum absolute atomic E-state index is 0.148. The Kier molecular flexibility index (Phi) is 5.16. The van der Waals surface area contributed by atoms with Crippen LogP contribution >= 0.6 is 0 Å². The molecule has 0 saturated heterocycles. The van der Waals surface area contributed by atoms with E-state index in [1.54, 1.807) is 18.1 Å². The molecule has 2 amide bonds. The van der Waals surface area contributed by atoms with Gasteiger partial charge in [0, 0.05) is 32.4 Å². The molecule has 0 aromatic heterocycles. The third-order valence-electron chi connectivity index (χ3n) is 4.92. The first-order valence-electron chi connectivity index (χ1n) is 9.24. The number of amides is 2. The van der Waals surface area contributed by atoms with E-state index in [2.05, 4.69) is 5.32 Å². The van der Waals surface area contributed by atoms with Crippen LogP contribution in [0.5, 0.6) is 11.5 Å². The number of rotatable bonds is 7. The summed E-state index contributed by atoms with van der Waals surface area (Å²) in [7, 11) is 1.63. The van der Waals surface area contributed by atoms with Gasteiger partial charge in [-0.05, 0) is 35.7 Å². The first kappa shape index (κ1) is 18.3. The molecule has 4 rings (SSSR count). The number of methoxy groups -OCH3 is 1. The van der Waals surface area contributed by atoms with Gasteiger partial charge in [-0.2, -0.15) is 0 Å². The molecule has 1 atom stereocenters. The second kappa shape index (κ2) is 7.90. The van der Waals surface area contributed by atoms with Crippen LogP contribution in [0, 0.1) is 0 Å². The Morgan fingerprint density at radius 1 is 1.21 bits per heavy atom. The lowest BCUT2D eigenvalue weighted by molar-refractivity contribution is -0.125. The van der Waals surface area contributed by atoms with E-state index < -0.39 is 6.04 Å². The van der Waals surface area contributed by atoms with E-state index in [-0.39, 0.29) is 18.6 Å². The molecular formula is C21H22N2O5. The number of fused-ring (bicyclic) bond motifs is 2. The molecule has 7 heteroatoms. The molecule has 1 N–H and O–H groups in total. The van der Waals surface area contributed by atoms with Crippen molar-refractivity contribution in [3.63, 3.8) is 0 Å². The minimum Gasteiger partial charge on any atom is -0.454 e. The predicted octanol–water partition coefficient (Wildman–Crippen LogP) is 2.27. The Morgan fingerprint density at radius 2 is 2.04 bits per heavy atom. The van der Waals surface area contributed by atoms with Gasteiger partial charge in [-0.15, -0.1) is 0 Å². The molecule has 0 fully saturated rings. The van der Waals surface area contributed by atoms with Gasteiger partial charge in [-0.25, -0.2) is 0 Å². The Morgan fingerprint density at radius 3 is 2.89 bits per heavy atom. The zero-order valence-corrected chi connectivity index (χ0v) is 15.6. The SMILES string of the molecule is COCCCNC(=O)C1c2ccccc2C(=O)N1Cc1ccc2c(c1)OCO2. The smallest absolute Gasteiger partial charge is 0.255 e. The van der Waals surface area contributed by atoms with Crippen molar-refractivity contribution in [3.8, 4) is 11.5 Å². The maximum Gasteiger partial charge on any atom is 0.255 e. The van der Waals surface area contributed by atoms with E-state index in [9.17, 15) is 9.59 Å². The fourth-order valence-corrected chi connectivity index (χ4v) is 3.58. The van der Waals surface area contributed by atoms with Crippen molar-refractivity contribution >= 4 is 11.8 Å². The fraction of sp³-hybridized carbons (Fsp3) is 0.333. The second-order valence-electron chi connectivity index (χ2n) is 6.75. The Hall–Kier alpha value is -3.06. The number of carbonyl (C=O) groups excluding carboxylic acids is 2. The standard InChI is InChI=1S/C21H22N2O5/c1-26-10-4-9-22-20(24)19-15-5-2-3-6-16(15)21(25)23(19)12-14-7-8-17-18(11-14)28-13-27-17/h2-3,5-8,11,19H,4,9-10,12-13H2,1H3,(H,22,24). The molecule has 2 aliphatic heterocycles. The summed E-state index contributed by atoms with van der Waals surface area (Å²) >= 11 is 0. The lowest BCUT2D eigenvalue weighted by Gasteiger charge is -2.25. The highest BCUT2D eigenvalue weighted by atomic mass is 16.7. The van der Waals surface area contributed by atoms with Gasteiger partial charge < -0.3 is 24.4 Å². The largest absolute Gasteiger partial charge is 0.454 e. The zero-order valence-electron chi connectivity index (χ0n) is 15.6. The molecule has 0 spiro atoms.